The zero-order valence-electron chi connectivity index (χ0n) is 11.2. The molecule has 0 aliphatic heterocycles. The standard InChI is InChI=1S/C14H15NO4S/c1-8(14(17)18)7-15-13(16)12-6-5-11(20-12)10-4-3-9(2)19-10/h3-6,8H,7H2,1-2H3,(H,15,16)(H,17,18). The molecule has 2 rings (SSSR count). The van der Waals surface area contributed by atoms with Crippen molar-refractivity contribution in [2.75, 3.05) is 6.54 Å². The lowest BCUT2D eigenvalue weighted by Crippen LogP contribution is -2.30. The van der Waals surface area contributed by atoms with E-state index in [2.05, 4.69) is 5.32 Å². The van der Waals surface area contributed by atoms with E-state index in [1.54, 1.807) is 13.0 Å². The van der Waals surface area contributed by atoms with Crippen molar-refractivity contribution in [2.24, 2.45) is 5.92 Å². The smallest absolute Gasteiger partial charge is 0.308 e. The number of aryl methyl sites for hydroxylation is 1. The van der Waals surface area contributed by atoms with Crippen LogP contribution in [0, 0.1) is 12.8 Å². The lowest BCUT2D eigenvalue weighted by Gasteiger charge is -2.06. The number of carboxylic acids is 1. The number of carbonyl (C=O) groups is 2. The Morgan fingerprint density at radius 3 is 2.70 bits per heavy atom. The van der Waals surface area contributed by atoms with Crippen molar-refractivity contribution in [3.8, 4) is 10.6 Å². The number of thiophene rings is 1. The first kappa shape index (κ1) is 14.3. The minimum Gasteiger partial charge on any atom is -0.481 e. The zero-order chi connectivity index (χ0) is 14.7. The fourth-order valence-electron chi connectivity index (χ4n) is 1.58. The molecule has 5 nitrogen and oxygen atoms in total. The maximum Gasteiger partial charge on any atom is 0.308 e. The number of carboxylic acid groups (broad SMARTS) is 1. The monoisotopic (exact) mass is 293 g/mol. The fourth-order valence-corrected chi connectivity index (χ4v) is 2.46. The second-order valence-corrected chi connectivity index (χ2v) is 5.61. The third-order valence-corrected chi connectivity index (χ3v) is 3.90. The highest BCUT2D eigenvalue weighted by molar-refractivity contribution is 7.17. The summed E-state index contributed by atoms with van der Waals surface area (Å²) in [5.41, 5.74) is 0. The molecule has 2 N–H and O–H groups in total. The normalized spacial score (nSPS) is 12.1. The van der Waals surface area contributed by atoms with Gasteiger partial charge < -0.3 is 14.8 Å². The second-order valence-electron chi connectivity index (χ2n) is 4.52. The first-order valence-electron chi connectivity index (χ1n) is 6.15. The van der Waals surface area contributed by atoms with E-state index in [1.165, 1.54) is 11.3 Å². The van der Waals surface area contributed by atoms with E-state index in [9.17, 15) is 9.59 Å². The molecule has 0 saturated heterocycles. The Morgan fingerprint density at radius 1 is 1.35 bits per heavy atom. The number of aliphatic carboxylic acids is 1. The number of hydrogen-bond acceptors (Lipinski definition) is 4. The zero-order valence-corrected chi connectivity index (χ0v) is 12.0. The van der Waals surface area contributed by atoms with Crippen molar-refractivity contribution >= 4 is 23.2 Å². The van der Waals surface area contributed by atoms with Crippen LogP contribution in [0.25, 0.3) is 10.6 Å². The molecule has 20 heavy (non-hydrogen) atoms. The van der Waals surface area contributed by atoms with Crippen molar-refractivity contribution in [3.63, 3.8) is 0 Å². The first-order chi connectivity index (χ1) is 9.47. The molecule has 1 amide bonds. The summed E-state index contributed by atoms with van der Waals surface area (Å²) < 4.78 is 5.49. The molecule has 0 spiro atoms. The van der Waals surface area contributed by atoms with Gasteiger partial charge >= 0.3 is 5.97 Å². The third-order valence-electron chi connectivity index (χ3n) is 2.80. The minimum atomic E-state index is -0.928. The van der Waals surface area contributed by atoms with Crippen molar-refractivity contribution in [2.45, 2.75) is 13.8 Å². The molecular formula is C14H15NO4S. The van der Waals surface area contributed by atoms with E-state index >= 15 is 0 Å². The summed E-state index contributed by atoms with van der Waals surface area (Å²) in [4.78, 5) is 24.0. The van der Waals surface area contributed by atoms with Gasteiger partial charge in [0.05, 0.1) is 15.7 Å². The Balaban J connectivity index is 2.01. The van der Waals surface area contributed by atoms with Crippen LogP contribution in [-0.2, 0) is 4.79 Å². The van der Waals surface area contributed by atoms with Gasteiger partial charge in [-0.15, -0.1) is 11.3 Å². The average Bonchev–Trinajstić information content (AvgIpc) is 3.03. The summed E-state index contributed by atoms with van der Waals surface area (Å²) in [6.07, 6.45) is 0. The maximum absolute atomic E-state index is 11.9. The lowest BCUT2D eigenvalue weighted by molar-refractivity contribution is -0.140. The molecule has 0 aliphatic rings. The van der Waals surface area contributed by atoms with Crippen LogP contribution in [0.4, 0.5) is 0 Å². The molecule has 0 radical (unpaired) electrons. The van der Waals surface area contributed by atoms with Gasteiger partial charge in [0.1, 0.15) is 11.5 Å². The van der Waals surface area contributed by atoms with Crippen molar-refractivity contribution in [3.05, 3.63) is 34.9 Å². The number of carbonyl (C=O) groups excluding carboxylic acids is 1. The summed E-state index contributed by atoms with van der Waals surface area (Å²) in [6, 6.07) is 7.25. The van der Waals surface area contributed by atoms with Gasteiger partial charge in [0.15, 0.2) is 0 Å². The molecule has 0 aromatic carbocycles. The number of nitrogens with one attached hydrogen (secondary N) is 1. The molecule has 2 aromatic rings. The summed E-state index contributed by atoms with van der Waals surface area (Å²) in [6.45, 7) is 3.52. The van der Waals surface area contributed by atoms with E-state index in [0.717, 1.165) is 16.4 Å². The van der Waals surface area contributed by atoms with Crippen LogP contribution in [-0.4, -0.2) is 23.5 Å². The highest BCUT2D eigenvalue weighted by atomic mass is 32.1. The fraction of sp³-hybridized carbons (Fsp3) is 0.286. The highest BCUT2D eigenvalue weighted by Gasteiger charge is 2.15. The Hall–Kier alpha value is -2.08. The van der Waals surface area contributed by atoms with Gasteiger partial charge in [-0.3, -0.25) is 9.59 Å². The van der Waals surface area contributed by atoms with E-state index < -0.39 is 11.9 Å². The maximum atomic E-state index is 11.9. The first-order valence-corrected chi connectivity index (χ1v) is 6.96. The number of rotatable bonds is 5. The quantitative estimate of drug-likeness (QED) is 0.888. The van der Waals surface area contributed by atoms with Crippen LogP contribution in [0.15, 0.2) is 28.7 Å². The van der Waals surface area contributed by atoms with Gasteiger partial charge in [-0.2, -0.15) is 0 Å². The van der Waals surface area contributed by atoms with Crippen LogP contribution < -0.4 is 5.32 Å². The summed E-state index contributed by atoms with van der Waals surface area (Å²) in [5, 5.41) is 11.4. The van der Waals surface area contributed by atoms with Crippen LogP contribution in [0.3, 0.4) is 0 Å². The summed E-state index contributed by atoms with van der Waals surface area (Å²) >= 11 is 1.31. The second kappa shape index (κ2) is 5.92. The van der Waals surface area contributed by atoms with Gasteiger partial charge in [-0.1, -0.05) is 6.92 Å². The Bertz CT molecular complexity index is 629. The molecule has 2 aromatic heterocycles. The van der Waals surface area contributed by atoms with Gasteiger partial charge in [0.25, 0.3) is 5.91 Å². The topological polar surface area (TPSA) is 79.5 Å². The largest absolute Gasteiger partial charge is 0.481 e. The minimum absolute atomic E-state index is 0.112. The molecule has 1 unspecified atom stereocenters. The van der Waals surface area contributed by atoms with E-state index in [-0.39, 0.29) is 12.5 Å². The van der Waals surface area contributed by atoms with Crippen molar-refractivity contribution in [1.29, 1.82) is 0 Å². The van der Waals surface area contributed by atoms with Gasteiger partial charge in [-0.05, 0) is 31.2 Å². The molecule has 0 fully saturated rings. The van der Waals surface area contributed by atoms with Gasteiger partial charge in [0.2, 0.25) is 0 Å². The molecule has 0 bridgehead atoms. The number of hydrogen-bond donors (Lipinski definition) is 2. The average molecular weight is 293 g/mol. The summed E-state index contributed by atoms with van der Waals surface area (Å²) in [5.74, 6) is -0.257. The van der Waals surface area contributed by atoms with Crippen LogP contribution in [0.5, 0.6) is 0 Å². The molecule has 106 valence electrons. The lowest BCUT2D eigenvalue weighted by atomic mass is 10.2. The van der Waals surface area contributed by atoms with Gasteiger partial charge in [0, 0.05) is 6.54 Å². The molecular weight excluding hydrogens is 278 g/mol. The SMILES string of the molecule is Cc1ccc(-c2ccc(C(=O)NCC(C)C(=O)O)s2)o1. The highest BCUT2D eigenvalue weighted by Crippen LogP contribution is 2.29. The van der Waals surface area contributed by atoms with E-state index in [0.29, 0.717) is 4.88 Å². The van der Waals surface area contributed by atoms with Crippen molar-refractivity contribution in [1.82, 2.24) is 5.32 Å². The Morgan fingerprint density at radius 2 is 2.10 bits per heavy atom. The predicted octanol–water partition coefficient (Wildman–Crippen LogP) is 2.77. The Labute approximate surface area is 120 Å². The number of amides is 1. The summed E-state index contributed by atoms with van der Waals surface area (Å²) in [7, 11) is 0. The van der Waals surface area contributed by atoms with Gasteiger partial charge in [-0.25, -0.2) is 0 Å². The number of furan rings is 1. The molecule has 6 heteroatoms. The molecule has 1 atom stereocenters. The molecule has 0 aliphatic carbocycles. The van der Waals surface area contributed by atoms with Crippen LogP contribution in [0.1, 0.15) is 22.4 Å². The van der Waals surface area contributed by atoms with Crippen molar-refractivity contribution < 1.29 is 19.1 Å². The van der Waals surface area contributed by atoms with E-state index in [1.807, 2.05) is 25.1 Å². The molecule has 2 heterocycles. The third kappa shape index (κ3) is 3.27. The predicted molar refractivity (Wildman–Crippen MR) is 75.9 cm³/mol. The van der Waals surface area contributed by atoms with Crippen LogP contribution in [0.2, 0.25) is 0 Å². The molecule has 0 saturated carbocycles. The Kier molecular flexibility index (Phi) is 4.24. The van der Waals surface area contributed by atoms with E-state index in [4.69, 9.17) is 9.52 Å². The van der Waals surface area contributed by atoms with Crippen LogP contribution >= 0.6 is 11.3 Å².